The minimum atomic E-state index is -1.57. The molecule has 0 fully saturated rings. The van der Waals surface area contributed by atoms with Crippen molar-refractivity contribution in [3.63, 3.8) is 0 Å². The number of hydrogen-bond acceptors (Lipinski definition) is 7. The van der Waals surface area contributed by atoms with E-state index in [1.807, 2.05) is 0 Å². The molecule has 8 heteroatoms. The fourth-order valence-corrected chi connectivity index (χ4v) is 0.715. The standard InChI is InChI=1S/C6H9NO6.Dy/c8-4(9)1-7(2-5(10)11)3-6(12)13;/h1-3H2,(H,8,9)(H,10,11)(H,12,13);/q;+3/p-3. The molecule has 0 N–H and O–H groups in total. The second kappa shape index (κ2) is 7.99. The van der Waals surface area contributed by atoms with E-state index in [1.54, 1.807) is 0 Å². The van der Waals surface area contributed by atoms with Gasteiger partial charge < -0.3 is 29.7 Å². The molecule has 0 aromatic carbocycles. The van der Waals surface area contributed by atoms with Gasteiger partial charge in [-0.05, 0) is 0 Å². The first-order valence-corrected chi connectivity index (χ1v) is 3.23. The van der Waals surface area contributed by atoms with Gasteiger partial charge in [0.1, 0.15) is 0 Å². The van der Waals surface area contributed by atoms with Crippen LogP contribution < -0.4 is 15.3 Å². The van der Waals surface area contributed by atoms with Crippen LogP contribution in [0, 0.1) is 38.2 Å². The molecule has 0 atom stereocenters. The largest absolute Gasteiger partial charge is 3.00 e. The maximum atomic E-state index is 9.99. The summed E-state index contributed by atoms with van der Waals surface area (Å²) in [5.41, 5.74) is 0. The molecule has 0 aromatic heterocycles. The first-order valence-electron chi connectivity index (χ1n) is 3.23. The van der Waals surface area contributed by atoms with E-state index in [9.17, 15) is 29.7 Å². The van der Waals surface area contributed by atoms with Gasteiger partial charge in [-0.25, -0.2) is 0 Å². The van der Waals surface area contributed by atoms with Crippen LogP contribution in [0.15, 0.2) is 0 Å². The quantitative estimate of drug-likeness (QED) is 0.468. The number of carboxylic acids is 3. The van der Waals surface area contributed by atoms with Gasteiger partial charge in [0.25, 0.3) is 0 Å². The summed E-state index contributed by atoms with van der Waals surface area (Å²) in [6, 6.07) is 0. The van der Waals surface area contributed by atoms with Gasteiger partial charge in [-0.15, -0.1) is 0 Å². The van der Waals surface area contributed by atoms with Crippen molar-refractivity contribution in [2.24, 2.45) is 0 Å². The van der Waals surface area contributed by atoms with Crippen molar-refractivity contribution in [3.05, 3.63) is 0 Å². The van der Waals surface area contributed by atoms with Crippen molar-refractivity contribution < 1.29 is 67.9 Å². The molecule has 0 bridgehead atoms. The van der Waals surface area contributed by atoms with Crippen LogP contribution in [-0.2, 0) is 14.4 Å². The smallest absolute Gasteiger partial charge is 0.549 e. The van der Waals surface area contributed by atoms with Gasteiger partial charge in [-0.2, -0.15) is 0 Å². The Bertz CT molecular complexity index is 192. The Kier molecular flexibility index (Phi) is 9.18. The van der Waals surface area contributed by atoms with E-state index in [2.05, 4.69) is 0 Å². The summed E-state index contributed by atoms with van der Waals surface area (Å²) in [5, 5.41) is 30.0. The molecule has 0 saturated carbocycles. The topological polar surface area (TPSA) is 124 Å². The van der Waals surface area contributed by atoms with Crippen molar-refractivity contribution in [2.75, 3.05) is 19.6 Å². The fourth-order valence-electron chi connectivity index (χ4n) is 0.715. The zero-order valence-electron chi connectivity index (χ0n) is 6.83. The molecule has 81 valence electrons. The fraction of sp³-hybridized carbons (Fsp3) is 0.500. The SMILES string of the molecule is O=C([O-])CN(CC(=O)[O-])CC(=O)[O-].[Dy+3]. The van der Waals surface area contributed by atoms with Crippen molar-refractivity contribution >= 4 is 17.9 Å². The molecule has 0 heterocycles. The Labute approximate surface area is 110 Å². The predicted molar refractivity (Wildman–Crippen MR) is 31.5 cm³/mol. The first kappa shape index (κ1) is 16.1. The molecule has 7 nitrogen and oxygen atoms in total. The zero-order valence-corrected chi connectivity index (χ0v) is 8.86. The maximum Gasteiger partial charge on any atom is 3.00 e. The van der Waals surface area contributed by atoms with Gasteiger partial charge in [-0.1, -0.05) is 0 Å². The second-order valence-electron chi connectivity index (χ2n) is 2.26. The number of aliphatic carboxylic acids is 3. The van der Waals surface area contributed by atoms with Gasteiger partial charge in [-0.3, -0.25) is 4.90 Å². The molecule has 0 aliphatic carbocycles. The summed E-state index contributed by atoms with van der Waals surface area (Å²) in [6.07, 6.45) is 0. The van der Waals surface area contributed by atoms with E-state index >= 15 is 0 Å². The minimum absolute atomic E-state index is 0. The van der Waals surface area contributed by atoms with Gasteiger partial charge >= 0.3 is 38.2 Å². The van der Waals surface area contributed by atoms with Crippen LogP contribution in [0.3, 0.4) is 0 Å². The Balaban J connectivity index is 0. The van der Waals surface area contributed by atoms with Crippen LogP contribution in [0.4, 0.5) is 0 Å². The van der Waals surface area contributed by atoms with Crippen LogP contribution in [0.5, 0.6) is 0 Å². The Hall–Kier alpha value is -0.357. The summed E-state index contributed by atoms with van der Waals surface area (Å²) in [6.45, 7) is -2.37. The summed E-state index contributed by atoms with van der Waals surface area (Å²) in [7, 11) is 0. The van der Waals surface area contributed by atoms with E-state index in [0.717, 1.165) is 0 Å². The van der Waals surface area contributed by atoms with Crippen molar-refractivity contribution in [1.29, 1.82) is 0 Å². The molecule has 1 radical (unpaired) electrons. The maximum absolute atomic E-state index is 9.99. The monoisotopic (exact) mass is 352 g/mol. The number of carbonyl (C=O) groups is 3. The van der Waals surface area contributed by atoms with Crippen molar-refractivity contribution in [1.82, 2.24) is 4.90 Å². The number of carbonyl (C=O) groups excluding carboxylic acids is 3. The third kappa shape index (κ3) is 9.73. The Morgan fingerprint density at radius 1 is 0.786 bits per heavy atom. The molecule has 0 aliphatic rings. The molecule has 0 spiro atoms. The van der Waals surface area contributed by atoms with E-state index < -0.39 is 37.5 Å². The number of rotatable bonds is 6. The minimum Gasteiger partial charge on any atom is -0.549 e. The summed E-state index contributed by atoms with van der Waals surface area (Å²) >= 11 is 0. The van der Waals surface area contributed by atoms with Crippen LogP contribution in [0.1, 0.15) is 0 Å². The normalized spacial score (nSPS) is 9.21. The average Bonchev–Trinajstić information content (AvgIpc) is 1.80. The predicted octanol–water partition coefficient (Wildman–Crippen LogP) is -5.46. The Morgan fingerprint density at radius 3 is 1.14 bits per heavy atom. The molecule has 0 aliphatic heterocycles. The number of carboxylic acid groups (broad SMARTS) is 3. The average molecular weight is 351 g/mol. The Morgan fingerprint density at radius 2 is 1.00 bits per heavy atom. The summed E-state index contributed by atoms with van der Waals surface area (Å²) in [4.78, 5) is 30.6. The molecule has 0 rings (SSSR count). The van der Waals surface area contributed by atoms with Gasteiger partial charge in [0.05, 0.1) is 17.9 Å². The first-order chi connectivity index (χ1) is 5.91. The van der Waals surface area contributed by atoms with E-state index in [1.165, 1.54) is 0 Å². The third-order valence-electron chi connectivity index (χ3n) is 1.06. The number of hydrogen-bond donors (Lipinski definition) is 0. The van der Waals surface area contributed by atoms with Crippen LogP contribution in [-0.4, -0.2) is 42.4 Å². The molecule has 0 aromatic rings. The van der Waals surface area contributed by atoms with Crippen molar-refractivity contribution in [2.45, 2.75) is 0 Å². The molecule has 14 heavy (non-hydrogen) atoms. The second-order valence-corrected chi connectivity index (χ2v) is 2.26. The molecular formula is C6H6DyNO6. The summed E-state index contributed by atoms with van der Waals surface area (Å²) in [5.74, 6) is -4.70. The van der Waals surface area contributed by atoms with Crippen molar-refractivity contribution in [3.8, 4) is 0 Å². The van der Waals surface area contributed by atoms with Crippen LogP contribution in [0.25, 0.3) is 0 Å². The van der Waals surface area contributed by atoms with E-state index in [0.29, 0.717) is 4.90 Å². The third-order valence-corrected chi connectivity index (χ3v) is 1.06. The van der Waals surface area contributed by atoms with Crippen LogP contribution in [0.2, 0.25) is 0 Å². The molecular weight excluding hydrogens is 345 g/mol. The molecule has 0 amide bonds. The van der Waals surface area contributed by atoms with Gasteiger partial charge in [0, 0.05) is 19.6 Å². The summed E-state index contributed by atoms with van der Waals surface area (Å²) < 4.78 is 0. The zero-order chi connectivity index (χ0) is 10.4. The van der Waals surface area contributed by atoms with E-state index in [-0.39, 0.29) is 38.2 Å². The van der Waals surface area contributed by atoms with Gasteiger partial charge in [0.2, 0.25) is 0 Å². The molecule has 0 saturated heterocycles. The van der Waals surface area contributed by atoms with Crippen LogP contribution >= 0.6 is 0 Å². The van der Waals surface area contributed by atoms with E-state index in [4.69, 9.17) is 0 Å². The van der Waals surface area contributed by atoms with Gasteiger partial charge in [0.15, 0.2) is 0 Å². The molecule has 0 unspecified atom stereocenters. The number of nitrogens with zero attached hydrogens (tertiary/aromatic N) is 1.